The van der Waals surface area contributed by atoms with Crippen LogP contribution >= 0.6 is 0 Å². The normalized spacial score (nSPS) is 31.1. The van der Waals surface area contributed by atoms with Crippen molar-refractivity contribution in [1.29, 1.82) is 0 Å². The van der Waals surface area contributed by atoms with Crippen LogP contribution in [0, 0.1) is 35.5 Å². The smallest absolute Gasteiger partial charge is 0.235 e. The second kappa shape index (κ2) is 8.47. The number of primary amides is 1. The molecule has 4 aliphatic rings. The van der Waals surface area contributed by atoms with Gasteiger partial charge in [-0.05, 0) is 59.6 Å². The van der Waals surface area contributed by atoms with Crippen molar-refractivity contribution >= 4 is 29.0 Å². The number of aromatic hydroxyl groups is 1. The molecule has 4 N–H and O–H groups in total. The Labute approximate surface area is 223 Å². The molecule has 202 valence electrons. The van der Waals surface area contributed by atoms with Crippen molar-refractivity contribution in [3.05, 3.63) is 41.5 Å². The molecule has 0 bridgehead atoms. The van der Waals surface area contributed by atoms with Crippen LogP contribution in [0.2, 0.25) is 0 Å². The Balaban J connectivity index is 1.48. The van der Waals surface area contributed by atoms with E-state index in [-0.39, 0.29) is 30.9 Å². The number of phenolic OH excluding ortho intramolecular Hbond substituents is 1. The summed E-state index contributed by atoms with van der Waals surface area (Å²) in [5.74, 6) is -10.7. The van der Waals surface area contributed by atoms with Crippen LogP contribution in [-0.2, 0) is 25.6 Å². The third-order valence-corrected chi connectivity index (χ3v) is 8.88. The zero-order chi connectivity index (χ0) is 28.0. The summed E-state index contributed by atoms with van der Waals surface area (Å²) in [5.41, 5.74) is 4.51. The molecule has 2 saturated carbocycles. The van der Waals surface area contributed by atoms with Gasteiger partial charge in [-0.25, -0.2) is 0 Å². The molecule has 39 heavy (non-hydrogen) atoms. The lowest BCUT2D eigenvalue weighted by Gasteiger charge is -2.52. The van der Waals surface area contributed by atoms with Gasteiger partial charge in [-0.15, -0.1) is 0 Å². The SMILES string of the molecule is CC(C)[C@@H]1C(=O)C(C(N)=O)C(=O)[C@@]2(O)C(=O)C3C(=O)c4c(O)ccc(-c5ccc6c(c5)OCO6)c4C[C@H]3C[C@@H]12. The van der Waals surface area contributed by atoms with E-state index < -0.39 is 70.1 Å². The maximum Gasteiger partial charge on any atom is 0.235 e. The Kier molecular flexibility index (Phi) is 5.48. The van der Waals surface area contributed by atoms with Gasteiger partial charge in [0.15, 0.2) is 46.2 Å². The number of ketones is 4. The largest absolute Gasteiger partial charge is 0.507 e. The Morgan fingerprint density at radius 2 is 1.77 bits per heavy atom. The number of aliphatic hydroxyl groups is 1. The van der Waals surface area contributed by atoms with E-state index in [1.54, 1.807) is 38.1 Å². The quantitative estimate of drug-likeness (QED) is 0.496. The number of ether oxygens (including phenoxy) is 2. The number of benzene rings is 2. The van der Waals surface area contributed by atoms with E-state index in [2.05, 4.69) is 0 Å². The molecule has 1 aliphatic heterocycles. The van der Waals surface area contributed by atoms with Crippen molar-refractivity contribution in [3.63, 3.8) is 0 Å². The number of hydrogen-bond acceptors (Lipinski definition) is 9. The van der Waals surface area contributed by atoms with Crippen LogP contribution in [0.15, 0.2) is 30.3 Å². The lowest BCUT2D eigenvalue weighted by atomic mass is 9.49. The molecule has 10 nitrogen and oxygen atoms in total. The van der Waals surface area contributed by atoms with Crippen molar-refractivity contribution in [2.75, 3.05) is 6.79 Å². The molecule has 6 atom stereocenters. The summed E-state index contributed by atoms with van der Waals surface area (Å²) in [6.45, 7) is 3.52. The minimum atomic E-state index is -2.71. The van der Waals surface area contributed by atoms with Gasteiger partial charge in [0.25, 0.3) is 0 Å². The second-order valence-corrected chi connectivity index (χ2v) is 11.2. The minimum absolute atomic E-state index is 0.0279. The fraction of sp³-hybridized carbons (Fsp3) is 0.414. The standard InChI is InChI=1S/C29H27NO9/c1-11(2)20-16-8-13-7-15-14(12-3-6-18-19(9-12)39-10-38-18)4-5-17(31)22(15)25(33)21(13)26(34)29(16,37)27(35)23(24(20)32)28(30)36/h3-6,9,11,13,16,20-21,23,31,37H,7-8,10H2,1-2H3,(H2,30,36)/t13-,16-,20-,21?,23?,29-/m0/s1. The Bertz CT molecular complexity index is 1490. The van der Waals surface area contributed by atoms with Crippen LogP contribution in [0.5, 0.6) is 17.2 Å². The van der Waals surface area contributed by atoms with Crippen molar-refractivity contribution in [1.82, 2.24) is 0 Å². The van der Waals surface area contributed by atoms with Gasteiger partial charge in [0.2, 0.25) is 12.7 Å². The summed E-state index contributed by atoms with van der Waals surface area (Å²) in [5, 5.41) is 22.4. The summed E-state index contributed by atoms with van der Waals surface area (Å²) in [4.78, 5) is 66.5. The molecule has 0 saturated heterocycles. The summed E-state index contributed by atoms with van der Waals surface area (Å²) in [6, 6.07) is 8.37. The summed E-state index contributed by atoms with van der Waals surface area (Å²) in [7, 11) is 0. The van der Waals surface area contributed by atoms with E-state index in [4.69, 9.17) is 15.2 Å². The molecule has 2 unspecified atom stereocenters. The van der Waals surface area contributed by atoms with E-state index >= 15 is 0 Å². The van der Waals surface area contributed by atoms with Crippen LogP contribution in [0.25, 0.3) is 11.1 Å². The number of carbonyl (C=O) groups excluding carboxylic acids is 5. The maximum atomic E-state index is 13.9. The number of hydrogen-bond donors (Lipinski definition) is 3. The molecule has 1 heterocycles. The first-order valence-electron chi connectivity index (χ1n) is 12.9. The second-order valence-electron chi connectivity index (χ2n) is 11.2. The van der Waals surface area contributed by atoms with Crippen molar-refractivity contribution in [2.45, 2.75) is 32.3 Å². The molecule has 1 amide bonds. The van der Waals surface area contributed by atoms with Gasteiger partial charge in [0.1, 0.15) is 5.75 Å². The third-order valence-electron chi connectivity index (χ3n) is 8.88. The van der Waals surface area contributed by atoms with E-state index in [9.17, 15) is 34.2 Å². The fourth-order valence-corrected chi connectivity index (χ4v) is 7.19. The van der Waals surface area contributed by atoms with E-state index in [1.165, 1.54) is 6.07 Å². The van der Waals surface area contributed by atoms with Crippen molar-refractivity contribution < 1.29 is 43.7 Å². The van der Waals surface area contributed by atoms with E-state index in [1.807, 2.05) is 0 Å². The van der Waals surface area contributed by atoms with Gasteiger partial charge in [-0.3, -0.25) is 24.0 Å². The van der Waals surface area contributed by atoms with Crippen LogP contribution in [0.4, 0.5) is 0 Å². The zero-order valence-electron chi connectivity index (χ0n) is 21.3. The number of rotatable bonds is 3. The molecule has 0 spiro atoms. The first kappa shape index (κ1) is 25.2. The lowest BCUT2D eigenvalue weighted by molar-refractivity contribution is -0.182. The lowest BCUT2D eigenvalue weighted by Crippen LogP contribution is -2.71. The van der Waals surface area contributed by atoms with Crippen molar-refractivity contribution in [3.8, 4) is 28.4 Å². The fourth-order valence-electron chi connectivity index (χ4n) is 7.19. The molecular formula is C29H27NO9. The zero-order valence-corrected chi connectivity index (χ0v) is 21.3. The topological polar surface area (TPSA) is 170 Å². The molecule has 0 aromatic heterocycles. The van der Waals surface area contributed by atoms with Gasteiger partial charge in [-0.2, -0.15) is 0 Å². The summed E-state index contributed by atoms with van der Waals surface area (Å²) < 4.78 is 10.9. The van der Waals surface area contributed by atoms with Gasteiger partial charge in [0.05, 0.1) is 11.5 Å². The summed E-state index contributed by atoms with van der Waals surface area (Å²) in [6.07, 6.45) is 0.217. The average molecular weight is 534 g/mol. The van der Waals surface area contributed by atoms with E-state index in [0.717, 1.165) is 0 Å². The molecule has 2 aromatic carbocycles. The number of Topliss-reactive ketones (excluding diaryl/α,β-unsaturated/α-hetero) is 4. The molecule has 6 rings (SSSR count). The van der Waals surface area contributed by atoms with Gasteiger partial charge >= 0.3 is 0 Å². The Hall–Kier alpha value is -4.05. The Morgan fingerprint density at radius 3 is 2.46 bits per heavy atom. The molecule has 2 fully saturated rings. The molecular weight excluding hydrogens is 506 g/mol. The minimum Gasteiger partial charge on any atom is -0.507 e. The van der Waals surface area contributed by atoms with Gasteiger partial charge in [-0.1, -0.05) is 26.0 Å². The number of amides is 1. The van der Waals surface area contributed by atoms with Gasteiger partial charge in [0, 0.05) is 11.8 Å². The first-order valence-corrected chi connectivity index (χ1v) is 12.9. The van der Waals surface area contributed by atoms with Crippen LogP contribution in [0.3, 0.4) is 0 Å². The number of nitrogens with two attached hydrogens (primary N) is 1. The number of fused-ring (bicyclic) bond motifs is 4. The summed E-state index contributed by atoms with van der Waals surface area (Å²) >= 11 is 0. The number of carbonyl (C=O) groups is 5. The van der Waals surface area contributed by atoms with Crippen molar-refractivity contribution in [2.24, 2.45) is 41.2 Å². The highest BCUT2D eigenvalue weighted by atomic mass is 16.7. The predicted octanol–water partition coefficient (Wildman–Crippen LogP) is 1.60. The molecule has 2 aromatic rings. The average Bonchev–Trinajstić information content (AvgIpc) is 3.34. The molecule has 3 aliphatic carbocycles. The monoisotopic (exact) mass is 533 g/mol. The first-order chi connectivity index (χ1) is 18.5. The van der Waals surface area contributed by atoms with Crippen LogP contribution in [0.1, 0.15) is 36.2 Å². The van der Waals surface area contributed by atoms with Gasteiger partial charge < -0.3 is 25.4 Å². The number of phenols is 1. The van der Waals surface area contributed by atoms with Crippen LogP contribution in [-0.4, -0.2) is 51.6 Å². The molecule has 0 radical (unpaired) electrons. The highest BCUT2D eigenvalue weighted by Gasteiger charge is 2.69. The highest BCUT2D eigenvalue weighted by Crippen LogP contribution is 2.54. The van der Waals surface area contributed by atoms with E-state index in [0.29, 0.717) is 28.2 Å². The van der Waals surface area contributed by atoms with Crippen LogP contribution < -0.4 is 15.2 Å². The predicted molar refractivity (Wildman–Crippen MR) is 134 cm³/mol. The third kappa shape index (κ3) is 3.33. The molecule has 10 heteroatoms. The Morgan fingerprint density at radius 1 is 1.05 bits per heavy atom. The maximum absolute atomic E-state index is 13.9. The highest BCUT2D eigenvalue weighted by molar-refractivity contribution is 6.32.